The molecule has 0 aromatic rings. The maximum atomic E-state index is 8.97. The lowest BCUT2D eigenvalue weighted by Crippen LogP contribution is -2.20. The summed E-state index contributed by atoms with van der Waals surface area (Å²) in [5.41, 5.74) is 6.97. The van der Waals surface area contributed by atoms with Crippen molar-refractivity contribution in [3.8, 4) is 0 Å². The van der Waals surface area contributed by atoms with Gasteiger partial charge in [0.05, 0.1) is 0 Å². The summed E-state index contributed by atoms with van der Waals surface area (Å²) in [7, 11) is 0. The van der Waals surface area contributed by atoms with Crippen molar-refractivity contribution >= 4 is 0 Å². The summed E-state index contributed by atoms with van der Waals surface area (Å²) in [6.07, 6.45) is 9.23. The Labute approximate surface area is 89.9 Å². The van der Waals surface area contributed by atoms with E-state index in [2.05, 4.69) is 18.2 Å². The average Bonchev–Trinajstić information content (AvgIpc) is 2.58. The Morgan fingerprint density at radius 1 is 1.53 bits per heavy atom. The smallest absolute Gasteiger partial charge is 0.127 e. The van der Waals surface area contributed by atoms with Crippen LogP contribution in [0.4, 0.5) is 0 Å². The molecular formula is C12H17NO2. The van der Waals surface area contributed by atoms with E-state index >= 15 is 0 Å². The minimum absolute atomic E-state index is 0.0166. The molecule has 0 fully saturated rings. The predicted octanol–water partition coefficient (Wildman–Crippen LogP) is 1.11. The summed E-state index contributed by atoms with van der Waals surface area (Å²) < 4.78 is 5.57. The molecule has 0 saturated carbocycles. The van der Waals surface area contributed by atoms with E-state index in [4.69, 9.17) is 15.6 Å². The molecule has 0 bridgehead atoms. The van der Waals surface area contributed by atoms with E-state index in [1.54, 1.807) is 0 Å². The van der Waals surface area contributed by atoms with E-state index in [0.29, 0.717) is 5.76 Å². The Morgan fingerprint density at radius 2 is 2.33 bits per heavy atom. The number of hydrogen-bond acceptors (Lipinski definition) is 3. The van der Waals surface area contributed by atoms with Crippen molar-refractivity contribution in [3.63, 3.8) is 0 Å². The summed E-state index contributed by atoms with van der Waals surface area (Å²) in [4.78, 5) is 0. The Bertz CT molecular complexity index is 329. The van der Waals surface area contributed by atoms with Crippen LogP contribution in [0.5, 0.6) is 0 Å². The highest BCUT2D eigenvalue weighted by atomic mass is 16.5. The summed E-state index contributed by atoms with van der Waals surface area (Å²) in [5, 5.41) is 8.97. The lowest BCUT2D eigenvalue weighted by atomic mass is 9.92. The van der Waals surface area contributed by atoms with Crippen LogP contribution >= 0.6 is 0 Å². The van der Waals surface area contributed by atoms with Gasteiger partial charge in [-0.3, -0.25) is 0 Å². The van der Waals surface area contributed by atoms with Crippen molar-refractivity contribution in [2.24, 2.45) is 11.7 Å². The zero-order chi connectivity index (χ0) is 10.8. The Morgan fingerprint density at radius 3 is 3.00 bits per heavy atom. The fraction of sp³-hybridized carbons (Fsp3) is 0.500. The number of aliphatic hydroxyl groups is 1. The van der Waals surface area contributed by atoms with Crippen molar-refractivity contribution in [3.05, 3.63) is 35.6 Å². The normalized spacial score (nSPS) is 30.3. The van der Waals surface area contributed by atoms with Gasteiger partial charge in [-0.15, -0.1) is 0 Å². The van der Waals surface area contributed by atoms with Crippen LogP contribution in [0, 0.1) is 5.92 Å². The number of aliphatic hydroxyl groups excluding tert-OH is 1. The first-order chi connectivity index (χ1) is 7.19. The Hall–Kier alpha value is -1.06. The molecule has 3 atom stereocenters. The number of rotatable bonds is 3. The molecule has 3 heteroatoms. The topological polar surface area (TPSA) is 55.5 Å². The third-order valence-corrected chi connectivity index (χ3v) is 2.67. The van der Waals surface area contributed by atoms with Crippen LogP contribution in [0.1, 0.15) is 13.3 Å². The van der Waals surface area contributed by atoms with Crippen molar-refractivity contribution in [2.75, 3.05) is 6.61 Å². The maximum absolute atomic E-state index is 8.97. The molecule has 1 aliphatic heterocycles. The SMILES string of the molecule is CC(N)CC1=CC2OC(CO)=CC2C=C1. The highest BCUT2D eigenvalue weighted by molar-refractivity contribution is 5.32. The van der Waals surface area contributed by atoms with Crippen LogP contribution in [0.2, 0.25) is 0 Å². The highest BCUT2D eigenvalue weighted by Gasteiger charge is 2.27. The monoisotopic (exact) mass is 207 g/mol. The number of nitrogens with two attached hydrogens (primary N) is 1. The van der Waals surface area contributed by atoms with E-state index in [0.717, 1.165) is 6.42 Å². The summed E-state index contributed by atoms with van der Waals surface area (Å²) in [6.45, 7) is 1.98. The predicted molar refractivity (Wildman–Crippen MR) is 59.0 cm³/mol. The minimum atomic E-state index is -0.0166. The average molecular weight is 207 g/mol. The van der Waals surface area contributed by atoms with Crippen LogP contribution in [0.25, 0.3) is 0 Å². The second-order valence-corrected chi connectivity index (χ2v) is 4.23. The van der Waals surface area contributed by atoms with Gasteiger partial charge >= 0.3 is 0 Å². The molecule has 82 valence electrons. The van der Waals surface area contributed by atoms with Gasteiger partial charge in [0, 0.05) is 12.0 Å². The maximum Gasteiger partial charge on any atom is 0.127 e. The van der Waals surface area contributed by atoms with Crippen LogP contribution in [0.3, 0.4) is 0 Å². The van der Waals surface area contributed by atoms with E-state index in [1.165, 1.54) is 5.57 Å². The lowest BCUT2D eigenvalue weighted by molar-refractivity contribution is 0.130. The molecule has 3 N–H and O–H groups in total. The second-order valence-electron chi connectivity index (χ2n) is 4.23. The molecule has 2 rings (SSSR count). The van der Waals surface area contributed by atoms with E-state index in [-0.39, 0.29) is 24.7 Å². The zero-order valence-electron chi connectivity index (χ0n) is 8.89. The molecule has 1 heterocycles. The van der Waals surface area contributed by atoms with Gasteiger partial charge in [-0.2, -0.15) is 0 Å². The molecular weight excluding hydrogens is 190 g/mol. The fourth-order valence-electron chi connectivity index (χ4n) is 2.01. The first kappa shape index (κ1) is 10.5. The summed E-state index contributed by atoms with van der Waals surface area (Å²) >= 11 is 0. The third-order valence-electron chi connectivity index (χ3n) is 2.67. The molecule has 2 aliphatic rings. The number of hydrogen-bond donors (Lipinski definition) is 2. The summed E-state index contributed by atoms with van der Waals surface area (Å²) in [6, 6.07) is 0.170. The van der Waals surface area contributed by atoms with Crippen LogP contribution in [0.15, 0.2) is 35.6 Å². The van der Waals surface area contributed by atoms with Gasteiger partial charge in [-0.1, -0.05) is 12.2 Å². The van der Waals surface area contributed by atoms with Gasteiger partial charge in [0.2, 0.25) is 0 Å². The molecule has 15 heavy (non-hydrogen) atoms. The molecule has 0 aromatic heterocycles. The first-order valence-electron chi connectivity index (χ1n) is 5.31. The van der Waals surface area contributed by atoms with E-state index in [1.807, 2.05) is 13.0 Å². The summed E-state index contributed by atoms with van der Waals surface area (Å²) in [5.74, 6) is 0.955. The van der Waals surface area contributed by atoms with Crippen LogP contribution < -0.4 is 5.73 Å². The highest BCUT2D eigenvalue weighted by Crippen LogP contribution is 2.30. The van der Waals surface area contributed by atoms with Gasteiger partial charge in [-0.05, 0) is 31.1 Å². The van der Waals surface area contributed by atoms with Gasteiger partial charge in [0.1, 0.15) is 18.5 Å². The van der Waals surface area contributed by atoms with E-state index in [9.17, 15) is 0 Å². The molecule has 0 saturated heterocycles. The van der Waals surface area contributed by atoms with Crippen molar-refractivity contribution in [1.82, 2.24) is 0 Å². The Balaban J connectivity index is 2.04. The molecule has 0 radical (unpaired) electrons. The molecule has 3 nitrogen and oxygen atoms in total. The minimum Gasteiger partial charge on any atom is -0.488 e. The number of fused-ring (bicyclic) bond motifs is 1. The standard InChI is InChI=1S/C12H17NO2/c1-8(13)4-9-2-3-10-6-11(7-14)15-12(10)5-9/h2-3,5-6,8,10,12,14H,4,7,13H2,1H3. The second kappa shape index (κ2) is 4.21. The van der Waals surface area contributed by atoms with Crippen molar-refractivity contribution in [1.29, 1.82) is 0 Å². The number of allylic oxidation sites excluding steroid dienone is 1. The van der Waals surface area contributed by atoms with Gasteiger partial charge < -0.3 is 15.6 Å². The molecule has 0 aromatic carbocycles. The Kier molecular flexibility index (Phi) is 2.93. The van der Waals surface area contributed by atoms with Crippen LogP contribution in [-0.2, 0) is 4.74 Å². The van der Waals surface area contributed by atoms with Gasteiger partial charge in [-0.25, -0.2) is 0 Å². The quantitative estimate of drug-likeness (QED) is 0.729. The van der Waals surface area contributed by atoms with Crippen LogP contribution in [-0.4, -0.2) is 23.9 Å². The first-order valence-corrected chi connectivity index (χ1v) is 5.31. The van der Waals surface area contributed by atoms with Crippen molar-refractivity contribution in [2.45, 2.75) is 25.5 Å². The zero-order valence-corrected chi connectivity index (χ0v) is 8.89. The molecule has 0 amide bonds. The van der Waals surface area contributed by atoms with E-state index < -0.39 is 0 Å². The van der Waals surface area contributed by atoms with Gasteiger partial charge in [0.15, 0.2) is 0 Å². The third kappa shape index (κ3) is 2.30. The fourth-order valence-corrected chi connectivity index (χ4v) is 2.01. The number of ether oxygens (including phenoxy) is 1. The van der Waals surface area contributed by atoms with Gasteiger partial charge in [0.25, 0.3) is 0 Å². The molecule has 0 spiro atoms. The molecule has 3 unspecified atom stereocenters. The van der Waals surface area contributed by atoms with Crippen molar-refractivity contribution < 1.29 is 9.84 Å². The largest absolute Gasteiger partial charge is 0.488 e. The lowest BCUT2D eigenvalue weighted by Gasteiger charge is -2.19. The molecule has 1 aliphatic carbocycles.